The number of rotatable bonds is 7. The summed E-state index contributed by atoms with van der Waals surface area (Å²) in [4.78, 5) is 23.0. The third-order valence-corrected chi connectivity index (χ3v) is 7.81. The lowest BCUT2D eigenvalue weighted by molar-refractivity contribution is -0.662. The van der Waals surface area contributed by atoms with Crippen LogP contribution in [0.2, 0.25) is 0 Å². The van der Waals surface area contributed by atoms with Gasteiger partial charge in [-0.05, 0) is 45.8 Å². The lowest BCUT2D eigenvalue weighted by Gasteiger charge is -2.36. The standard InChI is InChI=1S/C31H28F2N9O2/c1-39-19-24(18-35-39)21-7-8-26-23(15-21)17-27(44-26)22-9-10-34-25(16-22)31(43)41-13-11-40(12-14-41)30(20-5-3-2-4-6-20)42-37-29(28(32)33)36-38-42/h2-10,15-19,28-30H,11-14H2,1H3/q+1/t29?,30-/m1/s1. The van der Waals surface area contributed by atoms with Crippen molar-refractivity contribution >= 4 is 16.9 Å². The van der Waals surface area contributed by atoms with Crippen molar-refractivity contribution in [3.8, 4) is 22.5 Å². The van der Waals surface area contributed by atoms with Crippen LogP contribution in [0.4, 0.5) is 8.78 Å². The molecule has 1 saturated heterocycles. The molecule has 0 spiro atoms. The van der Waals surface area contributed by atoms with E-state index in [1.165, 1.54) is 4.81 Å². The lowest BCUT2D eigenvalue weighted by atomic mass is 10.1. The van der Waals surface area contributed by atoms with E-state index in [0.29, 0.717) is 37.6 Å². The number of halogens is 2. The number of hydrogen-bond donors (Lipinski definition) is 0. The van der Waals surface area contributed by atoms with Crippen molar-refractivity contribution in [2.24, 2.45) is 22.5 Å². The summed E-state index contributed by atoms with van der Waals surface area (Å²) in [6, 6.07) is 20.9. The van der Waals surface area contributed by atoms with Crippen LogP contribution in [0.3, 0.4) is 0 Å². The molecule has 44 heavy (non-hydrogen) atoms. The smallest absolute Gasteiger partial charge is 0.354 e. The van der Waals surface area contributed by atoms with Gasteiger partial charge in [0.15, 0.2) is 5.22 Å². The highest BCUT2D eigenvalue weighted by atomic mass is 19.3. The van der Waals surface area contributed by atoms with Crippen LogP contribution in [0.1, 0.15) is 22.2 Å². The van der Waals surface area contributed by atoms with Crippen molar-refractivity contribution in [1.82, 2.24) is 24.6 Å². The zero-order valence-corrected chi connectivity index (χ0v) is 23.7. The summed E-state index contributed by atoms with van der Waals surface area (Å²) >= 11 is 0. The van der Waals surface area contributed by atoms with E-state index in [1.54, 1.807) is 21.8 Å². The number of nitrogens with zero attached hydrogens (tertiary/aromatic N) is 9. The predicted molar refractivity (Wildman–Crippen MR) is 156 cm³/mol. The van der Waals surface area contributed by atoms with Crippen molar-refractivity contribution in [3.05, 3.63) is 96.6 Å². The number of benzene rings is 2. The number of carbonyl (C=O) groups excluding carboxylic acids is 1. The van der Waals surface area contributed by atoms with Crippen LogP contribution >= 0.6 is 0 Å². The summed E-state index contributed by atoms with van der Waals surface area (Å²) in [5.41, 5.74) is 4.70. The van der Waals surface area contributed by atoms with Gasteiger partial charge in [-0.3, -0.25) is 19.4 Å². The monoisotopic (exact) mass is 596 g/mol. The number of aromatic nitrogens is 3. The maximum Gasteiger partial charge on any atom is 0.354 e. The van der Waals surface area contributed by atoms with Crippen LogP contribution in [-0.2, 0) is 7.05 Å². The Morgan fingerprint density at radius 1 is 0.977 bits per heavy atom. The minimum atomic E-state index is -2.73. The fourth-order valence-corrected chi connectivity index (χ4v) is 5.57. The number of carbonyl (C=O) groups is 1. The second-order valence-corrected chi connectivity index (χ2v) is 10.7. The van der Waals surface area contributed by atoms with E-state index < -0.39 is 18.8 Å². The summed E-state index contributed by atoms with van der Waals surface area (Å²) < 4.78 is 34.4. The zero-order chi connectivity index (χ0) is 30.2. The first-order chi connectivity index (χ1) is 21.4. The Morgan fingerprint density at radius 3 is 2.52 bits per heavy atom. The average Bonchev–Trinajstić information content (AvgIpc) is 3.82. The second kappa shape index (κ2) is 11.5. The number of alkyl halides is 2. The van der Waals surface area contributed by atoms with Gasteiger partial charge in [0.1, 0.15) is 17.0 Å². The number of fused-ring (bicyclic) bond motifs is 1. The Balaban J connectivity index is 1.07. The van der Waals surface area contributed by atoms with Crippen molar-refractivity contribution in [3.63, 3.8) is 0 Å². The number of piperazine rings is 1. The molecule has 222 valence electrons. The Morgan fingerprint density at radius 2 is 1.80 bits per heavy atom. The molecule has 1 amide bonds. The molecule has 0 N–H and O–H groups in total. The molecule has 2 aliphatic heterocycles. The molecule has 2 aromatic carbocycles. The highest BCUT2D eigenvalue weighted by molar-refractivity contribution is 5.94. The van der Waals surface area contributed by atoms with E-state index in [0.717, 1.165) is 33.2 Å². The van der Waals surface area contributed by atoms with Gasteiger partial charge in [0.2, 0.25) is 6.17 Å². The lowest BCUT2D eigenvalue weighted by Crippen LogP contribution is -2.51. The first-order valence-electron chi connectivity index (χ1n) is 14.2. The molecule has 3 aromatic heterocycles. The van der Waals surface area contributed by atoms with Crippen molar-refractivity contribution < 1.29 is 22.8 Å². The van der Waals surface area contributed by atoms with Crippen LogP contribution in [-0.4, -0.2) is 74.0 Å². The topological polar surface area (TPSA) is 107 Å². The van der Waals surface area contributed by atoms with E-state index in [-0.39, 0.29) is 5.91 Å². The minimum absolute atomic E-state index is 0.193. The zero-order valence-electron chi connectivity index (χ0n) is 23.7. The summed E-state index contributed by atoms with van der Waals surface area (Å²) in [6.45, 7) is 1.79. The molecule has 1 unspecified atom stereocenters. The largest absolute Gasteiger partial charge is 0.456 e. The van der Waals surface area contributed by atoms with Gasteiger partial charge >= 0.3 is 12.6 Å². The molecule has 7 rings (SSSR count). The molecule has 13 heteroatoms. The van der Waals surface area contributed by atoms with Crippen LogP contribution in [0.25, 0.3) is 33.4 Å². The maximum atomic E-state index is 13.5. The third-order valence-electron chi connectivity index (χ3n) is 7.81. The van der Waals surface area contributed by atoms with Gasteiger partial charge in [-0.1, -0.05) is 36.4 Å². The van der Waals surface area contributed by atoms with E-state index >= 15 is 0 Å². The van der Waals surface area contributed by atoms with Gasteiger partial charge in [-0.2, -0.15) is 5.10 Å². The molecule has 1 fully saturated rings. The molecule has 0 bridgehead atoms. The molecule has 0 radical (unpaired) electrons. The van der Waals surface area contributed by atoms with Gasteiger partial charge in [-0.15, -0.1) is 0 Å². The summed E-state index contributed by atoms with van der Waals surface area (Å²) in [5.74, 6) is 0.446. The van der Waals surface area contributed by atoms with E-state index in [1.807, 2.05) is 74.0 Å². The van der Waals surface area contributed by atoms with Gasteiger partial charge in [-0.25, -0.2) is 8.78 Å². The molecule has 0 aliphatic carbocycles. The molecule has 0 saturated carbocycles. The fourth-order valence-electron chi connectivity index (χ4n) is 5.57. The first-order valence-corrected chi connectivity index (χ1v) is 14.2. The molecule has 5 aromatic rings. The Labute approximate surface area is 250 Å². The van der Waals surface area contributed by atoms with Gasteiger partial charge in [0.25, 0.3) is 5.91 Å². The minimum Gasteiger partial charge on any atom is -0.456 e. The van der Waals surface area contributed by atoms with Crippen LogP contribution in [0.5, 0.6) is 0 Å². The van der Waals surface area contributed by atoms with Crippen molar-refractivity contribution in [1.29, 1.82) is 0 Å². The number of amides is 1. The maximum absolute atomic E-state index is 13.5. The second-order valence-electron chi connectivity index (χ2n) is 10.7. The van der Waals surface area contributed by atoms with Gasteiger partial charge in [0, 0.05) is 67.7 Å². The van der Waals surface area contributed by atoms with Crippen molar-refractivity contribution in [2.75, 3.05) is 26.2 Å². The molecule has 2 atom stereocenters. The highest BCUT2D eigenvalue weighted by Crippen LogP contribution is 2.32. The Hall–Kier alpha value is -5.17. The van der Waals surface area contributed by atoms with E-state index in [4.69, 9.17) is 4.42 Å². The summed E-state index contributed by atoms with van der Waals surface area (Å²) in [6.07, 6.45) is 0.617. The number of furan rings is 1. The predicted octanol–water partition coefficient (Wildman–Crippen LogP) is 5.79. The first kappa shape index (κ1) is 27.7. The molecular formula is C31H28F2N9O2+. The number of azo groups is 1. The van der Waals surface area contributed by atoms with Gasteiger partial charge in [0.05, 0.1) is 11.3 Å². The van der Waals surface area contributed by atoms with Crippen LogP contribution in [0, 0.1) is 0 Å². The Kier molecular flexibility index (Phi) is 7.22. The van der Waals surface area contributed by atoms with E-state index in [9.17, 15) is 13.6 Å². The molecule has 11 nitrogen and oxygen atoms in total. The summed E-state index contributed by atoms with van der Waals surface area (Å²) in [5, 5.41) is 16.8. The van der Waals surface area contributed by atoms with Crippen LogP contribution in [0.15, 0.2) is 105 Å². The molecular weight excluding hydrogens is 568 g/mol. The number of aryl methyl sites for hydroxylation is 1. The van der Waals surface area contributed by atoms with Crippen molar-refractivity contribution in [2.45, 2.75) is 18.8 Å². The SMILES string of the molecule is Cn1cc(-c2ccc3oc(-c4ccnc(C(=O)N5CCN([C@@H](c6ccccc6)[N+]6=NC(C(F)F)N=N6)CC5)c4)cc3c2)cn1. The Bertz CT molecular complexity index is 1880. The highest BCUT2D eigenvalue weighted by Gasteiger charge is 2.40. The fraction of sp³-hybridized carbons (Fsp3) is 0.258. The van der Waals surface area contributed by atoms with Gasteiger partial charge < -0.3 is 9.32 Å². The van der Waals surface area contributed by atoms with E-state index in [2.05, 4.69) is 36.5 Å². The normalized spacial score (nSPS) is 17.9. The molecule has 5 heterocycles. The average molecular weight is 597 g/mol. The van der Waals surface area contributed by atoms with Crippen LogP contribution < -0.4 is 0 Å². The third kappa shape index (κ3) is 5.37. The molecule has 2 aliphatic rings. The summed E-state index contributed by atoms with van der Waals surface area (Å²) in [7, 11) is 1.88. The number of pyridine rings is 1. The number of hydrogen-bond acceptors (Lipinski definition) is 8. The quantitative estimate of drug-likeness (QED) is 0.221.